The second kappa shape index (κ2) is 7.07. The Balaban J connectivity index is 1.63. The first-order valence-corrected chi connectivity index (χ1v) is 9.33. The van der Waals surface area contributed by atoms with Gasteiger partial charge in [-0.15, -0.1) is 11.3 Å². The molecule has 0 amide bonds. The molecule has 4 rings (SSSR count). The Bertz CT molecular complexity index is 1080. The molecule has 0 saturated carbocycles. The van der Waals surface area contributed by atoms with E-state index in [0.717, 1.165) is 21.7 Å². The first-order valence-electron chi connectivity index (χ1n) is 8.07. The van der Waals surface area contributed by atoms with E-state index >= 15 is 0 Å². The van der Waals surface area contributed by atoms with Crippen molar-refractivity contribution >= 4 is 33.2 Å². The molecule has 1 N–H and O–H groups in total. The van der Waals surface area contributed by atoms with E-state index in [9.17, 15) is 4.79 Å². The van der Waals surface area contributed by atoms with E-state index in [-0.39, 0.29) is 5.56 Å². The molecular weight excluding hydrogens is 370 g/mol. The summed E-state index contributed by atoms with van der Waals surface area (Å²) >= 11 is 7.43. The van der Waals surface area contributed by atoms with Crippen LogP contribution in [0.25, 0.3) is 21.3 Å². The zero-order valence-electron chi connectivity index (χ0n) is 14.0. The van der Waals surface area contributed by atoms with Gasteiger partial charge in [0.2, 0.25) is 0 Å². The largest absolute Gasteiger partial charge is 0.468 e. The third kappa shape index (κ3) is 3.44. The van der Waals surface area contributed by atoms with Gasteiger partial charge >= 0.3 is 0 Å². The van der Waals surface area contributed by atoms with Crippen LogP contribution in [0, 0.1) is 0 Å². The fourth-order valence-electron chi connectivity index (χ4n) is 2.89. The number of aromatic nitrogens is 2. The maximum absolute atomic E-state index is 12.7. The van der Waals surface area contributed by atoms with Gasteiger partial charge in [-0.1, -0.05) is 23.7 Å². The molecule has 0 fully saturated rings. The second-order valence-corrected chi connectivity index (χ2v) is 7.40. The lowest BCUT2D eigenvalue weighted by molar-refractivity contribution is 0.281. The summed E-state index contributed by atoms with van der Waals surface area (Å²) in [6.07, 6.45) is 1.65. The number of hydrogen-bond acceptors (Lipinski definition) is 5. The van der Waals surface area contributed by atoms with Crippen molar-refractivity contribution in [2.75, 3.05) is 7.05 Å². The molecule has 0 saturated heterocycles. The van der Waals surface area contributed by atoms with Crippen LogP contribution >= 0.6 is 22.9 Å². The van der Waals surface area contributed by atoms with Gasteiger partial charge in [-0.25, -0.2) is 4.98 Å². The van der Waals surface area contributed by atoms with Gasteiger partial charge in [0.05, 0.1) is 24.7 Å². The van der Waals surface area contributed by atoms with Crippen LogP contribution in [-0.4, -0.2) is 21.9 Å². The van der Waals surface area contributed by atoms with Crippen LogP contribution in [0.5, 0.6) is 0 Å². The van der Waals surface area contributed by atoms with E-state index in [1.54, 1.807) is 6.26 Å². The Labute approximate surface area is 158 Å². The smallest absolute Gasteiger partial charge is 0.260 e. The lowest BCUT2D eigenvalue weighted by atomic mass is 10.1. The van der Waals surface area contributed by atoms with Crippen LogP contribution in [0.1, 0.15) is 11.6 Å². The maximum Gasteiger partial charge on any atom is 0.260 e. The van der Waals surface area contributed by atoms with Crippen LogP contribution in [0.15, 0.2) is 57.3 Å². The van der Waals surface area contributed by atoms with E-state index < -0.39 is 0 Å². The summed E-state index contributed by atoms with van der Waals surface area (Å²) in [6, 6.07) is 11.2. The van der Waals surface area contributed by atoms with Crippen LogP contribution in [-0.2, 0) is 13.1 Å². The Morgan fingerprint density at radius 2 is 2.04 bits per heavy atom. The normalized spacial score (nSPS) is 11.5. The molecule has 4 aromatic rings. The first-order chi connectivity index (χ1) is 12.6. The number of nitrogens with one attached hydrogen (secondary N) is 1. The van der Waals surface area contributed by atoms with Crippen molar-refractivity contribution in [3.8, 4) is 11.1 Å². The van der Waals surface area contributed by atoms with E-state index in [4.69, 9.17) is 16.0 Å². The SMILES string of the molecule is CN(Cc1nc2scc(-c3ccc(Cl)cc3)c2c(=O)[nH]1)Cc1ccco1. The van der Waals surface area contributed by atoms with Gasteiger partial charge in [-0.05, 0) is 36.9 Å². The van der Waals surface area contributed by atoms with Gasteiger partial charge in [0.25, 0.3) is 5.56 Å². The van der Waals surface area contributed by atoms with Crippen LogP contribution in [0.2, 0.25) is 5.02 Å². The van der Waals surface area contributed by atoms with E-state index in [1.807, 2.05) is 53.7 Å². The molecule has 0 aliphatic heterocycles. The number of hydrogen-bond donors (Lipinski definition) is 1. The predicted molar refractivity (Wildman–Crippen MR) is 105 cm³/mol. The molecule has 0 aliphatic carbocycles. The molecule has 0 bridgehead atoms. The van der Waals surface area contributed by atoms with Gasteiger partial charge in [0, 0.05) is 16.0 Å². The minimum atomic E-state index is -0.123. The lowest BCUT2D eigenvalue weighted by Crippen LogP contribution is -2.21. The molecule has 1 aromatic carbocycles. The number of furan rings is 1. The average Bonchev–Trinajstić information content (AvgIpc) is 3.25. The van der Waals surface area contributed by atoms with E-state index in [2.05, 4.69) is 9.97 Å². The fraction of sp³-hybridized carbons (Fsp3) is 0.158. The molecule has 5 nitrogen and oxygen atoms in total. The minimum absolute atomic E-state index is 0.123. The quantitative estimate of drug-likeness (QED) is 0.548. The summed E-state index contributed by atoms with van der Waals surface area (Å²) in [5, 5.41) is 3.25. The van der Waals surface area contributed by atoms with Crippen LogP contribution in [0.3, 0.4) is 0 Å². The van der Waals surface area contributed by atoms with Crippen molar-refractivity contribution in [1.29, 1.82) is 0 Å². The number of halogens is 1. The van der Waals surface area contributed by atoms with Gasteiger partial charge in [-0.3, -0.25) is 9.69 Å². The summed E-state index contributed by atoms with van der Waals surface area (Å²) in [7, 11) is 1.96. The summed E-state index contributed by atoms with van der Waals surface area (Å²) in [5.41, 5.74) is 1.71. The lowest BCUT2D eigenvalue weighted by Gasteiger charge is -2.14. The molecular formula is C19H16ClN3O2S. The number of aromatic amines is 1. The van der Waals surface area contributed by atoms with Gasteiger partial charge in [0.15, 0.2) is 0 Å². The average molecular weight is 386 g/mol. The highest BCUT2D eigenvalue weighted by atomic mass is 35.5. The zero-order valence-corrected chi connectivity index (χ0v) is 15.6. The van der Waals surface area contributed by atoms with Gasteiger partial charge < -0.3 is 9.40 Å². The van der Waals surface area contributed by atoms with Crippen molar-refractivity contribution in [2.24, 2.45) is 0 Å². The van der Waals surface area contributed by atoms with Crippen molar-refractivity contribution in [2.45, 2.75) is 13.1 Å². The third-order valence-corrected chi connectivity index (χ3v) is 5.20. The highest BCUT2D eigenvalue weighted by Gasteiger charge is 2.14. The van der Waals surface area contributed by atoms with Gasteiger partial charge in [0.1, 0.15) is 16.4 Å². The van der Waals surface area contributed by atoms with Crippen molar-refractivity contribution in [1.82, 2.24) is 14.9 Å². The first kappa shape index (κ1) is 17.0. The second-order valence-electron chi connectivity index (χ2n) is 6.10. The topological polar surface area (TPSA) is 62.1 Å². The third-order valence-electron chi connectivity index (χ3n) is 4.07. The highest BCUT2D eigenvalue weighted by molar-refractivity contribution is 7.17. The molecule has 26 heavy (non-hydrogen) atoms. The molecule has 0 atom stereocenters. The molecule has 0 spiro atoms. The molecule has 0 aliphatic rings. The maximum atomic E-state index is 12.7. The van der Waals surface area contributed by atoms with Crippen molar-refractivity contribution in [3.05, 3.63) is 75.0 Å². The summed E-state index contributed by atoms with van der Waals surface area (Å²) in [4.78, 5) is 23.0. The standard InChI is InChI=1S/C19H16ClN3O2S/c1-23(9-14-3-2-8-25-14)10-16-21-18(24)17-15(11-26-19(17)22-16)12-4-6-13(20)7-5-12/h2-8,11H,9-10H2,1H3,(H,21,22,24). The Kier molecular flexibility index (Phi) is 4.63. The summed E-state index contributed by atoms with van der Waals surface area (Å²) < 4.78 is 5.36. The minimum Gasteiger partial charge on any atom is -0.468 e. The number of nitrogens with zero attached hydrogens (tertiary/aromatic N) is 2. The monoisotopic (exact) mass is 385 g/mol. The van der Waals surface area contributed by atoms with Crippen LogP contribution in [0.4, 0.5) is 0 Å². The number of fused-ring (bicyclic) bond motifs is 1. The molecule has 3 aromatic heterocycles. The molecule has 132 valence electrons. The fourth-order valence-corrected chi connectivity index (χ4v) is 3.98. The van der Waals surface area contributed by atoms with Gasteiger partial charge in [-0.2, -0.15) is 0 Å². The molecule has 0 unspecified atom stereocenters. The number of H-pyrrole nitrogens is 1. The number of rotatable bonds is 5. The number of benzene rings is 1. The summed E-state index contributed by atoms with van der Waals surface area (Å²) in [5.74, 6) is 1.51. The van der Waals surface area contributed by atoms with Crippen molar-refractivity contribution in [3.63, 3.8) is 0 Å². The Morgan fingerprint density at radius 1 is 1.23 bits per heavy atom. The van der Waals surface area contributed by atoms with E-state index in [1.165, 1.54) is 11.3 Å². The molecule has 7 heteroatoms. The zero-order chi connectivity index (χ0) is 18.1. The molecule has 3 heterocycles. The Hall–Kier alpha value is -2.41. The highest BCUT2D eigenvalue weighted by Crippen LogP contribution is 2.31. The molecule has 0 radical (unpaired) electrons. The van der Waals surface area contributed by atoms with Crippen LogP contribution < -0.4 is 5.56 Å². The summed E-state index contributed by atoms with van der Waals surface area (Å²) in [6.45, 7) is 1.18. The van der Waals surface area contributed by atoms with E-state index in [0.29, 0.717) is 29.3 Å². The Morgan fingerprint density at radius 3 is 2.77 bits per heavy atom. The predicted octanol–water partition coefficient (Wildman–Crippen LogP) is 4.53. The van der Waals surface area contributed by atoms with Crippen molar-refractivity contribution < 1.29 is 4.42 Å². The number of thiophene rings is 1.